The number of hydrogen-bond acceptors (Lipinski definition) is 3. The Morgan fingerprint density at radius 2 is 1.88 bits per heavy atom. The van der Waals surface area contributed by atoms with Gasteiger partial charge in [-0.3, -0.25) is 15.0 Å². The SMILES string of the molecule is CCN(Cc1ccccc1)CC(C)(C)[N+](=O)[O-]. The summed E-state index contributed by atoms with van der Waals surface area (Å²) in [4.78, 5) is 12.8. The molecule has 0 amide bonds. The van der Waals surface area contributed by atoms with E-state index in [2.05, 4.69) is 4.90 Å². The van der Waals surface area contributed by atoms with Crippen molar-refractivity contribution in [3.8, 4) is 0 Å². The van der Waals surface area contributed by atoms with Gasteiger partial charge in [-0.15, -0.1) is 0 Å². The summed E-state index contributed by atoms with van der Waals surface area (Å²) >= 11 is 0. The summed E-state index contributed by atoms with van der Waals surface area (Å²) < 4.78 is 0. The normalized spacial score (nSPS) is 11.8. The van der Waals surface area contributed by atoms with E-state index in [9.17, 15) is 10.1 Å². The molecule has 0 fully saturated rings. The van der Waals surface area contributed by atoms with Crippen molar-refractivity contribution in [2.45, 2.75) is 32.9 Å². The molecule has 0 radical (unpaired) electrons. The maximum absolute atomic E-state index is 10.9. The second kappa shape index (κ2) is 5.77. The summed E-state index contributed by atoms with van der Waals surface area (Å²) in [6.45, 7) is 7.40. The van der Waals surface area contributed by atoms with Crippen molar-refractivity contribution in [3.05, 3.63) is 46.0 Å². The van der Waals surface area contributed by atoms with E-state index in [1.807, 2.05) is 37.3 Å². The maximum atomic E-state index is 10.9. The molecule has 1 rings (SSSR count). The topological polar surface area (TPSA) is 46.4 Å². The summed E-state index contributed by atoms with van der Waals surface area (Å²) in [5.41, 5.74) is 0.290. The van der Waals surface area contributed by atoms with Crippen LogP contribution in [0, 0.1) is 10.1 Å². The van der Waals surface area contributed by atoms with E-state index in [-0.39, 0.29) is 4.92 Å². The molecular formula is C13H20N2O2. The average molecular weight is 236 g/mol. The monoisotopic (exact) mass is 236 g/mol. The summed E-state index contributed by atoms with van der Waals surface area (Å²) in [5.74, 6) is 0. The number of likely N-dealkylation sites (N-methyl/N-ethyl adjacent to an activating group) is 1. The smallest absolute Gasteiger partial charge is 0.229 e. The van der Waals surface area contributed by atoms with Crippen LogP contribution in [-0.4, -0.2) is 28.5 Å². The molecule has 0 aliphatic carbocycles. The predicted octanol–water partition coefficient (Wildman–Crippen LogP) is 2.56. The molecular weight excluding hydrogens is 216 g/mol. The molecule has 4 heteroatoms. The fraction of sp³-hybridized carbons (Fsp3) is 0.538. The quantitative estimate of drug-likeness (QED) is 0.563. The highest BCUT2D eigenvalue weighted by atomic mass is 16.6. The lowest BCUT2D eigenvalue weighted by molar-refractivity contribution is -0.561. The third-order valence-electron chi connectivity index (χ3n) is 2.80. The minimum atomic E-state index is -0.898. The second-order valence-electron chi connectivity index (χ2n) is 4.86. The zero-order valence-corrected chi connectivity index (χ0v) is 10.7. The molecule has 0 aliphatic heterocycles. The van der Waals surface area contributed by atoms with Gasteiger partial charge in [-0.2, -0.15) is 0 Å². The Bertz CT molecular complexity index is 363. The Morgan fingerprint density at radius 3 is 2.35 bits per heavy atom. The first kappa shape index (κ1) is 13.6. The van der Waals surface area contributed by atoms with Crippen LogP contribution in [0.2, 0.25) is 0 Å². The van der Waals surface area contributed by atoms with Gasteiger partial charge in [-0.05, 0) is 12.1 Å². The van der Waals surface area contributed by atoms with Crippen LogP contribution in [0.4, 0.5) is 0 Å². The molecule has 1 aromatic carbocycles. The van der Waals surface area contributed by atoms with Crippen molar-refractivity contribution in [1.82, 2.24) is 4.90 Å². The van der Waals surface area contributed by atoms with Crippen LogP contribution >= 0.6 is 0 Å². The van der Waals surface area contributed by atoms with Crippen molar-refractivity contribution >= 4 is 0 Å². The van der Waals surface area contributed by atoms with E-state index >= 15 is 0 Å². The third-order valence-corrected chi connectivity index (χ3v) is 2.80. The maximum Gasteiger partial charge on any atom is 0.229 e. The molecule has 0 N–H and O–H groups in total. The number of nitrogens with zero attached hydrogens (tertiary/aromatic N) is 2. The standard InChI is InChI=1S/C13H20N2O2/c1-4-14(11-13(2,3)15(16)17)10-12-8-6-5-7-9-12/h5-9H,4,10-11H2,1-3H3. The molecule has 0 aromatic heterocycles. The summed E-state index contributed by atoms with van der Waals surface area (Å²) in [6, 6.07) is 10.0. The fourth-order valence-corrected chi connectivity index (χ4v) is 1.73. The summed E-state index contributed by atoms with van der Waals surface area (Å²) in [5, 5.41) is 10.9. The van der Waals surface area contributed by atoms with Crippen LogP contribution in [0.1, 0.15) is 26.3 Å². The van der Waals surface area contributed by atoms with Crippen LogP contribution in [0.15, 0.2) is 30.3 Å². The average Bonchev–Trinajstić information content (AvgIpc) is 2.29. The van der Waals surface area contributed by atoms with Crippen LogP contribution in [0.5, 0.6) is 0 Å². The lowest BCUT2D eigenvalue weighted by Gasteiger charge is -2.26. The Labute approximate surface area is 102 Å². The first-order chi connectivity index (χ1) is 7.95. The Hall–Kier alpha value is -1.42. The van der Waals surface area contributed by atoms with Crippen LogP contribution < -0.4 is 0 Å². The lowest BCUT2D eigenvalue weighted by atomic mass is 10.1. The van der Waals surface area contributed by atoms with Crippen molar-refractivity contribution in [2.24, 2.45) is 0 Å². The number of rotatable bonds is 6. The lowest BCUT2D eigenvalue weighted by Crippen LogP contribution is -2.43. The van der Waals surface area contributed by atoms with Gasteiger partial charge in [0.25, 0.3) is 0 Å². The number of benzene rings is 1. The van der Waals surface area contributed by atoms with Crippen LogP contribution in [0.3, 0.4) is 0 Å². The second-order valence-corrected chi connectivity index (χ2v) is 4.86. The van der Waals surface area contributed by atoms with Crippen molar-refractivity contribution in [1.29, 1.82) is 0 Å². The predicted molar refractivity (Wildman–Crippen MR) is 68.5 cm³/mol. The van der Waals surface area contributed by atoms with Gasteiger partial charge in [0.1, 0.15) is 0 Å². The minimum absolute atomic E-state index is 0.208. The van der Waals surface area contributed by atoms with Gasteiger partial charge >= 0.3 is 0 Å². The first-order valence-electron chi connectivity index (χ1n) is 5.86. The van der Waals surface area contributed by atoms with Crippen molar-refractivity contribution in [3.63, 3.8) is 0 Å². The third kappa shape index (κ3) is 4.15. The molecule has 17 heavy (non-hydrogen) atoms. The Kier molecular flexibility index (Phi) is 4.63. The van der Waals surface area contributed by atoms with Gasteiger partial charge in [0.05, 0.1) is 6.54 Å². The minimum Gasteiger partial charge on any atom is -0.293 e. The van der Waals surface area contributed by atoms with Gasteiger partial charge in [-0.1, -0.05) is 37.3 Å². The Morgan fingerprint density at radius 1 is 1.29 bits per heavy atom. The van der Waals surface area contributed by atoms with Crippen LogP contribution in [-0.2, 0) is 6.54 Å². The molecule has 0 heterocycles. The van der Waals surface area contributed by atoms with Gasteiger partial charge in [0.15, 0.2) is 0 Å². The van der Waals surface area contributed by atoms with E-state index < -0.39 is 5.54 Å². The van der Waals surface area contributed by atoms with Crippen molar-refractivity contribution < 1.29 is 4.92 Å². The zero-order valence-electron chi connectivity index (χ0n) is 10.7. The molecule has 0 saturated carbocycles. The number of hydrogen-bond donors (Lipinski definition) is 0. The highest BCUT2D eigenvalue weighted by Crippen LogP contribution is 2.13. The summed E-state index contributed by atoms with van der Waals surface area (Å²) in [6.07, 6.45) is 0. The molecule has 0 saturated heterocycles. The van der Waals surface area contributed by atoms with Gasteiger partial charge in [0, 0.05) is 25.3 Å². The van der Waals surface area contributed by atoms with Gasteiger partial charge in [0.2, 0.25) is 5.54 Å². The highest BCUT2D eigenvalue weighted by Gasteiger charge is 2.32. The molecule has 0 bridgehead atoms. The molecule has 0 unspecified atom stereocenters. The van der Waals surface area contributed by atoms with Crippen LogP contribution in [0.25, 0.3) is 0 Å². The highest BCUT2D eigenvalue weighted by molar-refractivity contribution is 5.14. The molecule has 1 aromatic rings. The van der Waals surface area contributed by atoms with E-state index in [0.717, 1.165) is 13.1 Å². The molecule has 0 atom stereocenters. The fourth-order valence-electron chi connectivity index (χ4n) is 1.73. The Balaban J connectivity index is 2.64. The number of nitro groups is 1. The molecule has 0 spiro atoms. The first-order valence-corrected chi connectivity index (χ1v) is 5.86. The van der Waals surface area contributed by atoms with Gasteiger partial charge < -0.3 is 0 Å². The molecule has 0 aliphatic rings. The zero-order chi connectivity index (χ0) is 12.9. The van der Waals surface area contributed by atoms with E-state index in [0.29, 0.717) is 6.54 Å². The molecule has 94 valence electrons. The molecule has 4 nitrogen and oxygen atoms in total. The van der Waals surface area contributed by atoms with Gasteiger partial charge in [-0.25, -0.2) is 0 Å². The van der Waals surface area contributed by atoms with E-state index in [1.54, 1.807) is 13.8 Å². The van der Waals surface area contributed by atoms with E-state index in [1.165, 1.54) is 5.56 Å². The summed E-state index contributed by atoms with van der Waals surface area (Å²) in [7, 11) is 0. The largest absolute Gasteiger partial charge is 0.293 e. The van der Waals surface area contributed by atoms with Crippen molar-refractivity contribution in [2.75, 3.05) is 13.1 Å². The van der Waals surface area contributed by atoms with E-state index in [4.69, 9.17) is 0 Å².